The van der Waals surface area contributed by atoms with Crippen molar-refractivity contribution in [3.8, 4) is 0 Å². The predicted molar refractivity (Wildman–Crippen MR) is 133 cm³/mol. The first kappa shape index (κ1) is 25.3. The van der Waals surface area contributed by atoms with E-state index in [0.29, 0.717) is 23.7 Å². The van der Waals surface area contributed by atoms with E-state index in [-0.39, 0.29) is 31.0 Å². The summed E-state index contributed by atoms with van der Waals surface area (Å²) in [5.41, 5.74) is 0.621. The van der Waals surface area contributed by atoms with Crippen molar-refractivity contribution < 1.29 is 24.2 Å². The number of hydrogen-bond acceptors (Lipinski definition) is 6. The molecule has 3 aliphatic heterocycles. The topological polar surface area (TPSA) is 95.9 Å². The van der Waals surface area contributed by atoms with Crippen molar-refractivity contribution in [3.05, 3.63) is 29.3 Å². The van der Waals surface area contributed by atoms with Crippen molar-refractivity contribution in [2.24, 2.45) is 11.8 Å². The summed E-state index contributed by atoms with van der Waals surface area (Å²) in [6.45, 7) is 4.67. The molecule has 3 aliphatic rings. The maximum atomic E-state index is 13.8. The number of esters is 1. The zero-order valence-corrected chi connectivity index (χ0v) is 21.3. The van der Waals surface area contributed by atoms with Gasteiger partial charge in [0.15, 0.2) is 0 Å². The van der Waals surface area contributed by atoms with Crippen LogP contribution in [0.25, 0.3) is 0 Å². The first-order valence-electron chi connectivity index (χ1n) is 12.1. The summed E-state index contributed by atoms with van der Waals surface area (Å²) < 4.78 is 4.33. The fraction of sp³-hybridized carbons (Fsp3) is 0.640. The number of carbonyl (C=O) groups excluding carboxylic acids is 3. The number of unbranched alkanes of at least 4 members (excludes halogenated alkanes) is 3. The second-order valence-corrected chi connectivity index (χ2v) is 12.0. The second-order valence-electron chi connectivity index (χ2n) is 9.65. The molecule has 1 aromatic carbocycles. The Morgan fingerprint density at radius 2 is 1.91 bits per heavy atom. The SMILES string of the molecule is CCOC(=O)[C@H]1[C@H]2C(=O)N(CCCCCCO)C(C(=O)Nc3ccc(Cl)cc3)C23CC[C@]1(C)S3. The number of hydrogen-bond donors (Lipinski definition) is 2. The van der Waals surface area contributed by atoms with Gasteiger partial charge in [0.2, 0.25) is 11.8 Å². The molecule has 2 amide bonds. The molecule has 0 aromatic heterocycles. The number of benzene rings is 1. The molecule has 0 aliphatic carbocycles. The third-order valence-electron chi connectivity index (χ3n) is 7.48. The molecule has 3 fully saturated rings. The van der Waals surface area contributed by atoms with Gasteiger partial charge in [0, 0.05) is 28.6 Å². The van der Waals surface area contributed by atoms with E-state index in [1.807, 2.05) is 6.92 Å². The lowest BCUT2D eigenvalue weighted by molar-refractivity contribution is -0.155. The van der Waals surface area contributed by atoms with Gasteiger partial charge in [0.25, 0.3) is 0 Å². The molecule has 3 saturated heterocycles. The minimum atomic E-state index is -0.662. The number of rotatable bonds is 10. The van der Waals surface area contributed by atoms with Crippen LogP contribution in [0.3, 0.4) is 0 Å². The van der Waals surface area contributed by atoms with Crippen LogP contribution in [0.5, 0.6) is 0 Å². The van der Waals surface area contributed by atoms with Gasteiger partial charge in [-0.15, -0.1) is 11.8 Å². The molecule has 2 N–H and O–H groups in total. The molecule has 0 saturated carbocycles. The Hall–Kier alpha value is -1.77. The summed E-state index contributed by atoms with van der Waals surface area (Å²) in [6.07, 6.45) is 4.66. The van der Waals surface area contributed by atoms with Crippen molar-refractivity contribution in [1.29, 1.82) is 0 Å². The van der Waals surface area contributed by atoms with Crippen molar-refractivity contribution in [1.82, 2.24) is 4.90 Å². The third-order valence-corrected chi connectivity index (χ3v) is 9.72. The molecule has 1 aromatic rings. The van der Waals surface area contributed by atoms with Crippen molar-refractivity contribution in [2.45, 2.75) is 67.9 Å². The number of carbonyl (C=O) groups is 3. The number of likely N-dealkylation sites (tertiary alicyclic amines) is 1. The average Bonchev–Trinajstić information content (AvgIpc) is 3.36. The number of anilines is 1. The van der Waals surface area contributed by atoms with E-state index in [1.165, 1.54) is 0 Å². The van der Waals surface area contributed by atoms with Crippen molar-refractivity contribution in [2.75, 3.05) is 25.1 Å². The lowest BCUT2D eigenvalue weighted by atomic mass is 9.66. The third kappa shape index (κ3) is 4.33. The average molecular weight is 509 g/mol. The smallest absolute Gasteiger partial charge is 0.311 e. The highest BCUT2D eigenvalue weighted by Gasteiger charge is 2.77. The number of aliphatic hydroxyl groups is 1. The summed E-state index contributed by atoms with van der Waals surface area (Å²) in [4.78, 5) is 42.3. The van der Waals surface area contributed by atoms with E-state index in [4.69, 9.17) is 21.4 Å². The van der Waals surface area contributed by atoms with Gasteiger partial charge in [-0.05, 0) is 63.8 Å². The van der Waals surface area contributed by atoms with Gasteiger partial charge >= 0.3 is 5.97 Å². The van der Waals surface area contributed by atoms with E-state index >= 15 is 0 Å². The molecule has 5 atom stereocenters. The predicted octanol–water partition coefficient (Wildman–Crippen LogP) is 3.88. The Balaban J connectivity index is 1.64. The highest BCUT2D eigenvalue weighted by molar-refractivity contribution is 8.02. The van der Waals surface area contributed by atoms with E-state index < -0.39 is 27.4 Å². The zero-order chi connectivity index (χ0) is 24.5. The molecular formula is C25H33ClN2O5S. The molecule has 4 rings (SSSR count). The number of halogens is 1. The molecule has 1 spiro atoms. The standard InChI is InChI=1S/C25H33ClN2O5S/c1-3-33-23(32)19-18-22(31)28(14-6-4-5-7-15-29)20(25(18)13-12-24(19,2)34-25)21(30)27-17-10-8-16(26)9-11-17/h8-11,18-20,29H,3-7,12-15H2,1-2H3,(H,27,30)/t18-,19+,20?,24-,25?/m0/s1. The molecule has 0 radical (unpaired) electrons. The molecule has 2 bridgehead atoms. The number of aliphatic hydroxyl groups excluding tert-OH is 1. The summed E-state index contributed by atoms with van der Waals surface area (Å²) in [5, 5.41) is 12.6. The van der Waals surface area contributed by atoms with Crippen LogP contribution >= 0.6 is 23.4 Å². The van der Waals surface area contributed by atoms with Crippen molar-refractivity contribution >= 4 is 46.8 Å². The summed E-state index contributed by atoms with van der Waals surface area (Å²) in [5.74, 6) is -1.79. The minimum absolute atomic E-state index is 0.118. The van der Waals surface area contributed by atoms with Gasteiger partial charge in [-0.2, -0.15) is 0 Å². The van der Waals surface area contributed by atoms with Crippen LogP contribution in [0.1, 0.15) is 52.4 Å². The highest BCUT2D eigenvalue weighted by Crippen LogP contribution is 2.71. The summed E-state index contributed by atoms with van der Waals surface area (Å²) in [7, 11) is 0. The first-order valence-corrected chi connectivity index (χ1v) is 13.3. The van der Waals surface area contributed by atoms with E-state index in [0.717, 1.165) is 32.1 Å². The lowest BCUT2D eigenvalue weighted by Crippen LogP contribution is -2.51. The molecule has 3 heterocycles. The highest BCUT2D eigenvalue weighted by atomic mass is 35.5. The van der Waals surface area contributed by atoms with Gasteiger partial charge in [-0.3, -0.25) is 14.4 Å². The number of fused-ring (bicyclic) bond motifs is 1. The molecule has 186 valence electrons. The number of amides is 2. The van der Waals surface area contributed by atoms with E-state index in [9.17, 15) is 14.4 Å². The van der Waals surface area contributed by atoms with Crippen LogP contribution in [-0.2, 0) is 19.1 Å². The Morgan fingerprint density at radius 3 is 2.59 bits per heavy atom. The summed E-state index contributed by atoms with van der Waals surface area (Å²) >= 11 is 7.63. The molecule has 7 nitrogen and oxygen atoms in total. The quantitative estimate of drug-likeness (QED) is 0.368. The number of nitrogens with one attached hydrogen (secondary N) is 1. The van der Waals surface area contributed by atoms with E-state index in [2.05, 4.69) is 5.32 Å². The zero-order valence-electron chi connectivity index (χ0n) is 19.7. The van der Waals surface area contributed by atoms with Gasteiger partial charge in [-0.25, -0.2) is 0 Å². The number of nitrogens with zero attached hydrogens (tertiary/aromatic N) is 1. The van der Waals surface area contributed by atoms with Crippen LogP contribution < -0.4 is 5.32 Å². The van der Waals surface area contributed by atoms with Crippen LogP contribution in [0.4, 0.5) is 5.69 Å². The Labute approximate surface area is 209 Å². The van der Waals surface area contributed by atoms with Gasteiger partial charge in [0.1, 0.15) is 6.04 Å². The fourth-order valence-corrected chi connectivity index (χ4v) is 8.52. The molecule has 2 unspecified atom stereocenters. The Morgan fingerprint density at radius 1 is 1.21 bits per heavy atom. The molecule has 34 heavy (non-hydrogen) atoms. The number of ether oxygens (including phenoxy) is 1. The number of thioether (sulfide) groups is 1. The van der Waals surface area contributed by atoms with Crippen LogP contribution in [0.15, 0.2) is 24.3 Å². The monoisotopic (exact) mass is 508 g/mol. The first-order chi connectivity index (χ1) is 16.3. The van der Waals surface area contributed by atoms with Gasteiger partial charge in [0.05, 0.1) is 23.2 Å². The van der Waals surface area contributed by atoms with Crippen LogP contribution in [0.2, 0.25) is 5.02 Å². The molecule has 9 heteroatoms. The largest absolute Gasteiger partial charge is 0.466 e. The Kier molecular flexibility index (Phi) is 7.50. The van der Waals surface area contributed by atoms with E-state index in [1.54, 1.807) is 47.9 Å². The normalized spacial score (nSPS) is 31.6. The van der Waals surface area contributed by atoms with Crippen LogP contribution in [-0.4, -0.2) is 63.1 Å². The minimum Gasteiger partial charge on any atom is -0.466 e. The second kappa shape index (κ2) is 10.1. The molecular weight excluding hydrogens is 476 g/mol. The van der Waals surface area contributed by atoms with Crippen molar-refractivity contribution in [3.63, 3.8) is 0 Å². The van der Waals surface area contributed by atoms with Gasteiger partial charge < -0.3 is 20.1 Å². The maximum absolute atomic E-state index is 13.8. The Bertz CT molecular complexity index is 944. The maximum Gasteiger partial charge on any atom is 0.311 e. The van der Waals surface area contributed by atoms with Gasteiger partial charge in [-0.1, -0.05) is 24.4 Å². The fourth-order valence-electron chi connectivity index (χ4n) is 6.05. The van der Waals surface area contributed by atoms with Crippen LogP contribution in [0, 0.1) is 11.8 Å². The lowest BCUT2D eigenvalue weighted by Gasteiger charge is -2.34. The summed E-state index contributed by atoms with van der Waals surface area (Å²) in [6, 6.07) is 6.25.